The zero-order valence-corrected chi connectivity index (χ0v) is 14.6. The molecule has 0 saturated carbocycles. The lowest BCUT2D eigenvalue weighted by atomic mass is 10.1. The van der Waals surface area contributed by atoms with Crippen molar-refractivity contribution in [3.63, 3.8) is 0 Å². The molecule has 25 heavy (non-hydrogen) atoms. The lowest BCUT2D eigenvalue weighted by molar-refractivity contribution is -0.117. The number of halogens is 2. The van der Waals surface area contributed by atoms with Crippen molar-refractivity contribution in [3.05, 3.63) is 64.4 Å². The highest BCUT2D eigenvalue weighted by Gasteiger charge is 2.23. The molecule has 1 heterocycles. The first-order chi connectivity index (χ1) is 12.0. The minimum atomic E-state index is -0.441. The molecule has 0 unspecified atom stereocenters. The Balaban J connectivity index is 1.79. The highest BCUT2D eigenvalue weighted by atomic mass is 35.5. The normalized spacial score (nSPS) is 14.0. The summed E-state index contributed by atoms with van der Waals surface area (Å²) in [5.41, 5.74) is 1.45. The van der Waals surface area contributed by atoms with Gasteiger partial charge in [0.2, 0.25) is 5.91 Å². The first kappa shape index (κ1) is 17.4. The van der Waals surface area contributed by atoms with Gasteiger partial charge in [0.25, 0.3) is 5.91 Å². The molecule has 2 amide bonds. The molecule has 1 saturated heterocycles. The van der Waals surface area contributed by atoms with Crippen LogP contribution in [0.25, 0.3) is 0 Å². The molecular formula is C19H18ClFN2O2. The fraction of sp³-hybridized carbons (Fsp3) is 0.263. The summed E-state index contributed by atoms with van der Waals surface area (Å²) >= 11 is 6.03. The second-order valence-electron chi connectivity index (χ2n) is 6.06. The first-order valence-corrected chi connectivity index (χ1v) is 8.44. The highest BCUT2D eigenvalue weighted by molar-refractivity contribution is 6.31. The predicted molar refractivity (Wildman–Crippen MR) is 95.2 cm³/mol. The summed E-state index contributed by atoms with van der Waals surface area (Å²) in [6, 6.07) is 11.4. The van der Waals surface area contributed by atoms with Crippen LogP contribution in [-0.4, -0.2) is 30.3 Å². The molecule has 1 fully saturated rings. The van der Waals surface area contributed by atoms with E-state index in [0.717, 1.165) is 6.42 Å². The Labute approximate surface area is 150 Å². The SMILES string of the molecule is CN(Cc1c(F)cccc1Cl)C(=O)c1cccc(N2CCCC2=O)c1. The van der Waals surface area contributed by atoms with Gasteiger partial charge >= 0.3 is 0 Å². The van der Waals surface area contributed by atoms with Gasteiger partial charge in [-0.3, -0.25) is 9.59 Å². The molecular weight excluding hydrogens is 343 g/mol. The van der Waals surface area contributed by atoms with Gasteiger partial charge in [-0.25, -0.2) is 4.39 Å². The van der Waals surface area contributed by atoms with Gasteiger partial charge in [-0.2, -0.15) is 0 Å². The number of amides is 2. The van der Waals surface area contributed by atoms with E-state index in [9.17, 15) is 14.0 Å². The minimum absolute atomic E-state index is 0.0658. The zero-order valence-electron chi connectivity index (χ0n) is 13.8. The molecule has 0 radical (unpaired) electrons. The third-order valence-corrected chi connectivity index (χ3v) is 4.64. The van der Waals surface area contributed by atoms with Gasteiger partial charge in [-0.1, -0.05) is 23.7 Å². The number of rotatable bonds is 4. The van der Waals surface area contributed by atoms with Crippen molar-refractivity contribution < 1.29 is 14.0 Å². The number of benzene rings is 2. The number of hydrogen-bond acceptors (Lipinski definition) is 2. The lowest BCUT2D eigenvalue weighted by Gasteiger charge is -2.20. The summed E-state index contributed by atoms with van der Waals surface area (Å²) < 4.78 is 13.9. The average Bonchev–Trinajstić information content (AvgIpc) is 3.03. The molecule has 2 aromatic rings. The Morgan fingerprint density at radius 2 is 2.04 bits per heavy atom. The molecule has 1 aliphatic rings. The van der Waals surface area contributed by atoms with Gasteiger partial charge < -0.3 is 9.80 Å². The van der Waals surface area contributed by atoms with E-state index < -0.39 is 5.82 Å². The largest absolute Gasteiger partial charge is 0.337 e. The summed E-state index contributed by atoms with van der Waals surface area (Å²) in [5.74, 6) is -0.632. The Kier molecular flexibility index (Phi) is 5.04. The van der Waals surface area contributed by atoms with Gasteiger partial charge in [-0.05, 0) is 36.8 Å². The number of anilines is 1. The Morgan fingerprint density at radius 3 is 2.72 bits per heavy atom. The zero-order chi connectivity index (χ0) is 18.0. The Hall–Kier alpha value is -2.40. The first-order valence-electron chi connectivity index (χ1n) is 8.06. The predicted octanol–water partition coefficient (Wildman–Crippen LogP) is 3.88. The maximum atomic E-state index is 13.9. The van der Waals surface area contributed by atoms with Crippen LogP contribution >= 0.6 is 11.6 Å². The second-order valence-corrected chi connectivity index (χ2v) is 6.47. The van der Waals surface area contributed by atoms with E-state index >= 15 is 0 Å². The molecule has 0 atom stereocenters. The minimum Gasteiger partial charge on any atom is -0.337 e. The summed E-state index contributed by atoms with van der Waals surface area (Å²) in [6.45, 7) is 0.731. The number of nitrogens with zero attached hydrogens (tertiary/aromatic N) is 2. The maximum absolute atomic E-state index is 13.9. The number of carbonyl (C=O) groups is 2. The van der Waals surface area contributed by atoms with Crippen molar-refractivity contribution in [3.8, 4) is 0 Å². The van der Waals surface area contributed by atoms with Gasteiger partial charge in [-0.15, -0.1) is 0 Å². The van der Waals surface area contributed by atoms with Gasteiger partial charge in [0.05, 0.1) is 0 Å². The quantitative estimate of drug-likeness (QED) is 0.830. The van der Waals surface area contributed by atoms with E-state index in [1.807, 2.05) is 6.07 Å². The summed E-state index contributed by atoms with van der Waals surface area (Å²) in [7, 11) is 1.60. The Morgan fingerprint density at radius 1 is 1.28 bits per heavy atom. The van der Waals surface area contributed by atoms with E-state index in [-0.39, 0.29) is 28.9 Å². The van der Waals surface area contributed by atoms with E-state index in [4.69, 9.17) is 11.6 Å². The van der Waals surface area contributed by atoms with Crippen molar-refractivity contribution in [1.82, 2.24) is 4.90 Å². The molecule has 0 bridgehead atoms. The highest BCUT2D eigenvalue weighted by Crippen LogP contribution is 2.24. The molecule has 6 heteroatoms. The summed E-state index contributed by atoms with van der Waals surface area (Å²) in [4.78, 5) is 27.7. The standard InChI is InChI=1S/C19H18ClFN2O2/c1-22(12-15-16(20)7-3-8-17(15)21)19(25)13-5-2-6-14(11-13)23-10-4-9-18(23)24/h2-3,5-8,11H,4,9-10,12H2,1H3. The average molecular weight is 361 g/mol. The third-order valence-electron chi connectivity index (χ3n) is 4.28. The third kappa shape index (κ3) is 3.66. The molecule has 3 rings (SSSR count). The summed E-state index contributed by atoms with van der Waals surface area (Å²) in [5, 5.41) is 0.288. The van der Waals surface area contributed by atoms with Gasteiger partial charge in [0.1, 0.15) is 5.82 Å². The molecule has 0 spiro atoms. The van der Waals surface area contributed by atoms with Crippen molar-refractivity contribution in [1.29, 1.82) is 0 Å². The molecule has 0 aromatic heterocycles. The molecule has 130 valence electrons. The van der Waals surface area contributed by atoms with Crippen LogP contribution in [0.5, 0.6) is 0 Å². The van der Waals surface area contributed by atoms with Crippen LogP contribution in [0.4, 0.5) is 10.1 Å². The van der Waals surface area contributed by atoms with Crippen molar-refractivity contribution in [2.75, 3.05) is 18.5 Å². The van der Waals surface area contributed by atoms with E-state index in [1.165, 1.54) is 17.0 Å². The van der Waals surface area contributed by atoms with Crippen LogP contribution in [0, 0.1) is 5.82 Å². The lowest BCUT2D eigenvalue weighted by Crippen LogP contribution is -2.28. The smallest absolute Gasteiger partial charge is 0.253 e. The van der Waals surface area contributed by atoms with E-state index in [2.05, 4.69) is 0 Å². The molecule has 0 aliphatic carbocycles. The van der Waals surface area contributed by atoms with Crippen molar-refractivity contribution >= 4 is 29.1 Å². The molecule has 2 aromatic carbocycles. The molecule has 1 aliphatic heterocycles. The van der Waals surface area contributed by atoms with Crippen LogP contribution < -0.4 is 4.90 Å². The van der Waals surface area contributed by atoms with Crippen LogP contribution in [0.2, 0.25) is 5.02 Å². The topological polar surface area (TPSA) is 40.6 Å². The molecule has 0 N–H and O–H groups in total. The Bertz CT molecular complexity index is 805. The maximum Gasteiger partial charge on any atom is 0.253 e. The second kappa shape index (κ2) is 7.23. The van der Waals surface area contributed by atoms with Gasteiger partial charge in [0, 0.05) is 48.4 Å². The van der Waals surface area contributed by atoms with Gasteiger partial charge in [0.15, 0.2) is 0 Å². The summed E-state index contributed by atoms with van der Waals surface area (Å²) in [6.07, 6.45) is 1.35. The van der Waals surface area contributed by atoms with E-state index in [1.54, 1.807) is 36.2 Å². The number of hydrogen-bond donors (Lipinski definition) is 0. The number of carbonyl (C=O) groups excluding carboxylic acids is 2. The molecule has 4 nitrogen and oxygen atoms in total. The fourth-order valence-corrected chi connectivity index (χ4v) is 3.16. The van der Waals surface area contributed by atoms with Crippen LogP contribution in [0.15, 0.2) is 42.5 Å². The van der Waals surface area contributed by atoms with Crippen LogP contribution in [-0.2, 0) is 11.3 Å². The monoisotopic (exact) mass is 360 g/mol. The van der Waals surface area contributed by atoms with Crippen LogP contribution in [0.3, 0.4) is 0 Å². The van der Waals surface area contributed by atoms with Crippen LogP contribution in [0.1, 0.15) is 28.8 Å². The van der Waals surface area contributed by atoms with Crippen molar-refractivity contribution in [2.24, 2.45) is 0 Å². The fourth-order valence-electron chi connectivity index (χ4n) is 2.94. The van der Waals surface area contributed by atoms with Crippen molar-refractivity contribution in [2.45, 2.75) is 19.4 Å². The van der Waals surface area contributed by atoms with E-state index in [0.29, 0.717) is 24.2 Å².